The lowest BCUT2D eigenvalue weighted by atomic mass is 10.3. The smallest absolute Gasteiger partial charge is 0.150 e. The molecule has 2 aromatic rings. The third kappa shape index (κ3) is 2.93. The highest BCUT2D eigenvalue weighted by Crippen LogP contribution is 2.32. The monoisotopic (exact) mass is 390 g/mol. The summed E-state index contributed by atoms with van der Waals surface area (Å²) in [6.07, 6.45) is 1.48. The summed E-state index contributed by atoms with van der Waals surface area (Å²) in [7, 11) is 1.80. The van der Waals surface area contributed by atoms with Crippen LogP contribution in [0.4, 0.5) is 17.3 Å². The quantitative estimate of drug-likeness (QED) is 0.811. The number of halogens is 3. The molecule has 1 aromatic carbocycles. The van der Waals surface area contributed by atoms with Crippen LogP contribution in [-0.2, 0) is 0 Å². The van der Waals surface area contributed by atoms with Crippen molar-refractivity contribution >= 4 is 60.8 Å². The number of nitrogens with zero attached hydrogens (tertiary/aromatic N) is 2. The van der Waals surface area contributed by atoms with Crippen LogP contribution in [-0.4, -0.2) is 17.0 Å². The highest BCUT2D eigenvalue weighted by atomic mass is 79.9. The first kappa shape index (κ1) is 13.6. The molecular formula is C11H9Br2ClN4. The molecule has 0 aliphatic rings. The van der Waals surface area contributed by atoms with Gasteiger partial charge in [0.05, 0.1) is 5.69 Å². The third-order valence-electron chi connectivity index (χ3n) is 2.21. The van der Waals surface area contributed by atoms with Gasteiger partial charge in [-0.25, -0.2) is 9.97 Å². The van der Waals surface area contributed by atoms with Crippen molar-refractivity contribution in [1.29, 1.82) is 0 Å². The van der Waals surface area contributed by atoms with Crippen molar-refractivity contribution in [3.8, 4) is 0 Å². The number of aromatic nitrogens is 2. The molecule has 2 N–H and O–H groups in total. The minimum atomic E-state index is 0.653. The molecule has 4 nitrogen and oxygen atoms in total. The van der Waals surface area contributed by atoms with Gasteiger partial charge in [0.2, 0.25) is 0 Å². The summed E-state index contributed by atoms with van der Waals surface area (Å²) in [5.74, 6) is 1.38. The maximum Gasteiger partial charge on any atom is 0.150 e. The first-order valence-corrected chi connectivity index (χ1v) is 6.98. The summed E-state index contributed by atoms with van der Waals surface area (Å²) in [6.45, 7) is 0. The summed E-state index contributed by atoms with van der Waals surface area (Å²) in [5.41, 5.74) is 0.837. The van der Waals surface area contributed by atoms with E-state index in [2.05, 4.69) is 52.5 Å². The van der Waals surface area contributed by atoms with Crippen LogP contribution in [0.15, 0.2) is 33.5 Å². The van der Waals surface area contributed by atoms with Crippen LogP contribution in [0.5, 0.6) is 0 Å². The Bertz CT molecular complexity index is 577. The minimum Gasteiger partial charge on any atom is -0.372 e. The summed E-state index contributed by atoms with van der Waals surface area (Å²) in [4.78, 5) is 8.27. The maximum absolute atomic E-state index is 5.96. The highest BCUT2D eigenvalue weighted by molar-refractivity contribution is 9.11. The van der Waals surface area contributed by atoms with Crippen LogP contribution in [0.3, 0.4) is 0 Å². The fraction of sp³-hybridized carbons (Fsp3) is 0.0909. The van der Waals surface area contributed by atoms with Crippen molar-refractivity contribution in [2.75, 3.05) is 17.7 Å². The summed E-state index contributed by atoms with van der Waals surface area (Å²) in [5, 5.41) is 6.81. The zero-order chi connectivity index (χ0) is 13.1. The molecule has 0 saturated carbocycles. The Labute approximate surface area is 126 Å². The van der Waals surface area contributed by atoms with Crippen LogP contribution in [0.25, 0.3) is 0 Å². The average molecular weight is 392 g/mol. The molecule has 0 spiro atoms. The minimum absolute atomic E-state index is 0.653. The zero-order valence-corrected chi connectivity index (χ0v) is 13.3. The third-order valence-corrected chi connectivity index (χ3v) is 3.89. The van der Waals surface area contributed by atoms with E-state index >= 15 is 0 Å². The number of benzene rings is 1. The van der Waals surface area contributed by atoms with Crippen LogP contribution < -0.4 is 10.6 Å². The van der Waals surface area contributed by atoms with E-state index in [4.69, 9.17) is 11.6 Å². The van der Waals surface area contributed by atoms with Crippen molar-refractivity contribution in [3.05, 3.63) is 38.5 Å². The van der Waals surface area contributed by atoms with E-state index in [1.165, 1.54) is 6.33 Å². The number of nitrogens with one attached hydrogen (secondary N) is 2. The normalized spacial score (nSPS) is 10.2. The molecule has 0 radical (unpaired) electrons. The van der Waals surface area contributed by atoms with E-state index in [-0.39, 0.29) is 0 Å². The van der Waals surface area contributed by atoms with Crippen LogP contribution in [0.2, 0.25) is 5.02 Å². The van der Waals surface area contributed by atoms with Gasteiger partial charge in [0, 0.05) is 16.5 Å². The molecule has 0 amide bonds. The predicted octanol–water partition coefficient (Wildman–Crippen LogP) is 4.44. The Balaban J connectivity index is 2.37. The summed E-state index contributed by atoms with van der Waals surface area (Å²) < 4.78 is 1.67. The molecule has 0 saturated heterocycles. The van der Waals surface area contributed by atoms with Gasteiger partial charge >= 0.3 is 0 Å². The first-order chi connectivity index (χ1) is 8.61. The predicted molar refractivity (Wildman–Crippen MR) is 81.7 cm³/mol. The Kier molecular flexibility index (Phi) is 4.42. The van der Waals surface area contributed by atoms with Gasteiger partial charge in [-0.05, 0) is 50.1 Å². The molecule has 0 aliphatic carbocycles. The van der Waals surface area contributed by atoms with Gasteiger partial charge in [0.15, 0.2) is 0 Å². The Morgan fingerprint density at radius 2 is 1.89 bits per heavy atom. The van der Waals surface area contributed by atoms with Gasteiger partial charge in [-0.15, -0.1) is 0 Å². The number of anilines is 3. The second-order valence-electron chi connectivity index (χ2n) is 3.38. The van der Waals surface area contributed by atoms with Gasteiger partial charge < -0.3 is 10.6 Å². The van der Waals surface area contributed by atoms with Gasteiger partial charge in [-0.3, -0.25) is 0 Å². The van der Waals surface area contributed by atoms with Gasteiger partial charge in [0.1, 0.15) is 22.4 Å². The molecule has 18 heavy (non-hydrogen) atoms. The Hall–Kier alpha value is -0.850. The fourth-order valence-corrected chi connectivity index (χ4v) is 2.37. The highest BCUT2D eigenvalue weighted by Gasteiger charge is 2.09. The van der Waals surface area contributed by atoms with Crippen LogP contribution in [0.1, 0.15) is 0 Å². The van der Waals surface area contributed by atoms with Crippen LogP contribution in [0, 0.1) is 0 Å². The lowest BCUT2D eigenvalue weighted by molar-refractivity contribution is 1.14. The van der Waals surface area contributed by atoms with Crippen molar-refractivity contribution in [2.24, 2.45) is 0 Å². The van der Waals surface area contributed by atoms with Crippen molar-refractivity contribution in [2.45, 2.75) is 0 Å². The number of hydrogen-bond donors (Lipinski definition) is 2. The van der Waals surface area contributed by atoms with Crippen LogP contribution >= 0.6 is 43.5 Å². The SMILES string of the molecule is CNc1ncnc(Nc2cc(Cl)ccc2Br)c1Br. The second-order valence-corrected chi connectivity index (χ2v) is 5.47. The van der Waals surface area contributed by atoms with Crippen molar-refractivity contribution in [1.82, 2.24) is 9.97 Å². The molecule has 1 heterocycles. The van der Waals surface area contributed by atoms with Gasteiger partial charge in [-0.1, -0.05) is 11.6 Å². The zero-order valence-electron chi connectivity index (χ0n) is 9.34. The van der Waals surface area contributed by atoms with Gasteiger partial charge in [-0.2, -0.15) is 0 Å². The van der Waals surface area contributed by atoms with E-state index in [0.717, 1.165) is 14.6 Å². The summed E-state index contributed by atoms with van der Waals surface area (Å²) >= 11 is 12.9. The Morgan fingerprint density at radius 1 is 1.17 bits per heavy atom. The molecule has 7 heteroatoms. The molecular weight excluding hydrogens is 383 g/mol. The van der Waals surface area contributed by atoms with Gasteiger partial charge in [0.25, 0.3) is 0 Å². The van der Waals surface area contributed by atoms with E-state index < -0.39 is 0 Å². The summed E-state index contributed by atoms with van der Waals surface area (Å²) in [6, 6.07) is 5.50. The van der Waals surface area contributed by atoms with E-state index in [1.54, 1.807) is 7.05 Å². The molecule has 0 aliphatic heterocycles. The standard InChI is InChI=1S/C11H9Br2ClN4/c1-15-10-9(13)11(17-5-16-10)18-8-4-6(14)2-3-7(8)12/h2-5H,1H3,(H2,15,16,17,18). The average Bonchev–Trinajstić information content (AvgIpc) is 2.36. The fourth-order valence-electron chi connectivity index (χ4n) is 1.35. The van der Waals surface area contributed by atoms with Crippen molar-refractivity contribution in [3.63, 3.8) is 0 Å². The van der Waals surface area contributed by atoms with E-state index in [0.29, 0.717) is 16.7 Å². The van der Waals surface area contributed by atoms with E-state index in [1.807, 2.05) is 18.2 Å². The molecule has 0 bridgehead atoms. The Morgan fingerprint density at radius 3 is 2.61 bits per heavy atom. The molecule has 1 aromatic heterocycles. The topological polar surface area (TPSA) is 49.8 Å². The molecule has 94 valence electrons. The lowest BCUT2D eigenvalue weighted by Gasteiger charge is -2.11. The van der Waals surface area contributed by atoms with E-state index in [9.17, 15) is 0 Å². The molecule has 0 unspecified atom stereocenters. The molecule has 0 atom stereocenters. The number of rotatable bonds is 3. The molecule has 0 fully saturated rings. The maximum atomic E-state index is 5.96. The molecule has 2 rings (SSSR count). The van der Waals surface area contributed by atoms with Crippen molar-refractivity contribution < 1.29 is 0 Å². The first-order valence-electron chi connectivity index (χ1n) is 5.02. The largest absolute Gasteiger partial charge is 0.372 e. The lowest BCUT2D eigenvalue weighted by Crippen LogP contribution is -2.00. The second kappa shape index (κ2) is 5.86. The number of hydrogen-bond acceptors (Lipinski definition) is 4.